The zero-order chi connectivity index (χ0) is 21.4. The van der Waals surface area contributed by atoms with Crippen molar-refractivity contribution in [3.8, 4) is 0 Å². The number of carbonyl (C=O) groups excluding carboxylic acids is 2. The molecular weight excluding hydrogens is 431 g/mol. The monoisotopic (exact) mass is 454 g/mol. The number of amides is 2. The summed E-state index contributed by atoms with van der Waals surface area (Å²) in [5.41, 5.74) is 1.75. The molecule has 0 radical (unpaired) electrons. The van der Waals surface area contributed by atoms with Crippen molar-refractivity contribution in [1.82, 2.24) is 9.80 Å². The third kappa shape index (κ3) is 3.92. The molecule has 4 nitrogen and oxygen atoms in total. The highest BCUT2D eigenvalue weighted by Gasteiger charge is 2.37. The second kappa shape index (κ2) is 8.55. The number of halogens is 1. The van der Waals surface area contributed by atoms with Crippen molar-refractivity contribution in [3.05, 3.63) is 79.9 Å². The van der Waals surface area contributed by atoms with E-state index in [1.807, 2.05) is 6.07 Å². The fourth-order valence-electron chi connectivity index (χ4n) is 4.65. The van der Waals surface area contributed by atoms with Crippen molar-refractivity contribution >= 4 is 34.5 Å². The minimum absolute atomic E-state index is 0.00127. The molecule has 4 heterocycles. The Hall–Kier alpha value is -2.51. The van der Waals surface area contributed by atoms with Gasteiger partial charge in [-0.2, -0.15) is 0 Å². The molecule has 1 saturated heterocycles. The van der Waals surface area contributed by atoms with Gasteiger partial charge in [0.25, 0.3) is 5.91 Å². The van der Waals surface area contributed by atoms with Crippen LogP contribution in [0.25, 0.3) is 0 Å². The van der Waals surface area contributed by atoms with E-state index < -0.39 is 0 Å². The number of rotatable bonds is 3. The number of nitrogens with zero attached hydrogens (tertiary/aromatic N) is 2. The Labute approximate surface area is 188 Å². The first-order valence-electron chi connectivity index (χ1n) is 10.6. The molecule has 1 aromatic carbocycles. The summed E-state index contributed by atoms with van der Waals surface area (Å²) in [4.78, 5) is 32.7. The molecule has 1 fully saturated rings. The lowest BCUT2D eigenvalue weighted by atomic mass is 9.91. The summed E-state index contributed by atoms with van der Waals surface area (Å²) in [6.07, 6.45) is 2.23. The van der Waals surface area contributed by atoms with Gasteiger partial charge in [0.2, 0.25) is 5.91 Å². The van der Waals surface area contributed by atoms with Crippen LogP contribution < -0.4 is 0 Å². The van der Waals surface area contributed by atoms with Crippen molar-refractivity contribution in [1.29, 1.82) is 0 Å². The van der Waals surface area contributed by atoms with Crippen LogP contribution in [0, 0.1) is 11.7 Å². The van der Waals surface area contributed by atoms with Gasteiger partial charge in [-0.25, -0.2) is 4.39 Å². The fraction of sp³-hybridized carbons (Fsp3) is 0.333. The SMILES string of the molecule is O=C(c1ccc(F)cc1)N1CCC(C(=O)N2CCc3sccc3C2c2cccs2)CC1. The van der Waals surface area contributed by atoms with Gasteiger partial charge < -0.3 is 9.80 Å². The summed E-state index contributed by atoms with van der Waals surface area (Å²) in [5, 5.41) is 4.19. The largest absolute Gasteiger partial charge is 0.339 e. The highest BCUT2D eigenvalue weighted by Crippen LogP contribution is 2.40. The Morgan fingerprint density at radius 2 is 1.71 bits per heavy atom. The number of carbonyl (C=O) groups is 2. The lowest BCUT2D eigenvalue weighted by Gasteiger charge is -2.39. The van der Waals surface area contributed by atoms with E-state index in [9.17, 15) is 14.0 Å². The van der Waals surface area contributed by atoms with Gasteiger partial charge in [0, 0.05) is 40.9 Å². The second-order valence-electron chi connectivity index (χ2n) is 8.07. The molecule has 0 spiro atoms. The number of fused-ring (bicyclic) bond motifs is 1. The van der Waals surface area contributed by atoms with Gasteiger partial charge >= 0.3 is 0 Å². The van der Waals surface area contributed by atoms with Crippen LogP contribution in [0.5, 0.6) is 0 Å². The predicted molar refractivity (Wildman–Crippen MR) is 121 cm³/mol. The van der Waals surface area contributed by atoms with Crippen LogP contribution in [-0.4, -0.2) is 41.2 Å². The molecule has 2 aromatic heterocycles. The van der Waals surface area contributed by atoms with Crippen LogP contribution in [0.3, 0.4) is 0 Å². The van der Waals surface area contributed by atoms with Crippen LogP contribution in [-0.2, 0) is 11.2 Å². The van der Waals surface area contributed by atoms with Gasteiger partial charge in [-0.1, -0.05) is 6.07 Å². The molecule has 0 N–H and O–H groups in total. The maximum atomic E-state index is 13.6. The predicted octanol–water partition coefficient (Wildman–Crippen LogP) is 4.98. The van der Waals surface area contributed by atoms with Crippen LogP contribution >= 0.6 is 22.7 Å². The van der Waals surface area contributed by atoms with E-state index in [0.717, 1.165) is 13.0 Å². The zero-order valence-electron chi connectivity index (χ0n) is 17.0. The number of benzene rings is 1. The third-order valence-corrected chi connectivity index (χ3v) is 8.21. The minimum atomic E-state index is -0.350. The summed E-state index contributed by atoms with van der Waals surface area (Å²) in [6, 6.07) is 12.0. The van der Waals surface area contributed by atoms with Gasteiger partial charge in [0.1, 0.15) is 5.82 Å². The topological polar surface area (TPSA) is 40.6 Å². The zero-order valence-corrected chi connectivity index (χ0v) is 18.6. The van der Waals surface area contributed by atoms with E-state index in [1.54, 1.807) is 27.6 Å². The number of hydrogen-bond donors (Lipinski definition) is 0. The van der Waals surface area contributed by atoms with Crippen molar-refractivity contribution in [2.45, 2.75) is 25.3 Å². The highest BCUT2D eigenvalue weighted by atomic mass is 32.1. The van der Waals surface area contributed by atoms with Gasteiger partial charge in [0.05, 0.1) is 6.04 Å². The summed E-state index contributed by atoms with van der Waals surface area (Å²) in [7, 11) is 0. The average Bonchev–Trinajstić information content (AvgIpc) is 3.50. The first kappa shape index (κ1) is 20.4. The van der Waals surface area contributed by atoms with E-state index >= 15 is 0 Å². The summed E-state index contributed by atoms with van der Waals surface area (Å²) in [6.45, 7) is 1.84. The molecule has 2 aliphatic rings. The average molecular weight is 455 g/mol. The van der Waals surface area contributed by atoms with Crippen LogP contribution in [0.4, 0.5) is 4.39 Å². The molecule has 31 heavy (non-hydrogen) atoms. The molecular formula is C24H23FN2O2S2. The smallest absolute Gasteiger partial charge is 0.253 e. The lowest BCUT2D eigenvalue weighted by Crippen LogP contribution is -2.47. The molecule has 1 unspecified atom stereocenters. The third-order valence-electron chi connectivity index (χ3n) is 6.28. The van der Waals surface area contributed by atoms with Crippen molar-refractivity contribution in [2.24, 2.45) is 5.92 Å². The summed E-state index contributed by atoms with van der Waals surface area (Å²) < 4.78 is 13.1. The second-order valence-corrected chi connectivity index (χ2v) is 10.1. The molecule has 7 heteroatoms. The Balaban J connectivity index is 1.29. The van der Waals surface area contributed by atoms with Crippen molar-refractivity contribution in [2.75, 3.05) is 19.6 Å². The molecule has 0 aliphatic carbocycles. The molecule has 0 bridgehead atoms. The number of hydrogen-bond acceptors (Lipinski definition) is 4. The number of thiophene rings is 2. The van der Waals surface area contributed by atoms with Gasteiger partial charge in [-0.05, 0) is 72.0 Å². The first-order chi connectivity index (χ1) is 15.1. The van der Waals surface area contributed by atoms with E-state index in [0.29, 0.717) is 31.5 Å². The maximum Gasteiger partial charge on any atom is 0.253 e. The molecule has 3 aromatic rings. The van der Waals surface area contributed by atoms with E-state index in [2.05, 4.69) is 27.8 Å². The van der Waals surface area contributed by atoms with E-state index in [4.69, 9.17) is 0 Å². The minimum Gasteiger partial charge on any atom is -0.339 e. The molecule has 2 aliphatic heterocycles. The van der Waals surface area contributed by atoms with Gasteiger partial charge in [-0.15, -0.1) is 22.7 Å². The maximum absolute atomic E-state index is 13.6. The van der Waals surface area contributed by atoms with Crippen LogP contribution in [0.15, 0.2) is 53.2 Å². The van der Waals surface area contributed by atoms with Crippen LogP contribution in [0.1, 0.15) is 44.6 Å². The fourth-order valence-corrected chi connectivity index (χ4v) is 6.40. The molecule has 0 saturated carbocycles. The Morgan fingerprint density at radius 3 is 2.42 bits per heavy atom. The standard InChI is InChI=1S/C24H23FN2O2S2/c25-18-5-3-16(4-6-18)23(28)26-11-7-17(8-12-26)24(29)27-13-9-20-19(10-15-31-20)22(27)21-2-1-14-30-21/h1-6,10,14-15,17,22H,7-9,11-13H2. The van der Waals surface area contributed by atoms with Crippen LogP contribution in [0.2, 0.25) is 0 Å². The Kier molecular flexibility index (Phi) is 5.63. The molecule has 5 rings (SSSR count). The van der Waals surface area contributed by atoms with E-state index in [-0.39, 0.29) is 29.6 Å². The lowest BCUT2D eigenvalue weighted by molar-refractivity contribution is -0.139. The Morgan fingerprint density at radius 1 is 0.935 bits per heavy atom. The quantitative estimate of drug-likeness (QED) is 0.560. The molecule has 2 amide bonds. The van der Waals surface area contributed by atoms with Gasteiger partial charge in [0.15, 0.2) is 0 Å². The molecule has 1 atom stereocenters. The highest BCUT2D eigenvalue weighted by molar-refractivity contribution is 7.10. The first-order valence-corrected chi connectivity index (χ1v) is 12.3. The summed E-state index contributed by atoms with van der Waals surface area (Å²) >= 11 is 3.48. The van der Waals surface area contributed by atoms with Gasteiger partial charge in [-0.3, -0.25) is 9.59 Å². The summed E-state index contributed by atoms with van der Waals surface area (Å²) in [5.74, 6) is -0.316. The normalized spacial score (nSPS) is 19.3. The van der Waals surface area contributed by atoms with E-state index in [1.165, 1.54) is 39.6 Å². The van der Waals surface area contributed by atoms with Crippen molar-refractivity contribution in [3.63, 3.8) is 0 Å². The number of piperidine rings is 1. The van der Waals surface area contributed by atoms with Crippen molar-refractivity contribution < 1.29 is 14.0 Å². The molecule has 160 valence electrons. The Bertz CT molecular complexity index is 1070. The number of likely N-dealkylation sites (tertiary alicyclic amines) is 1.